The molecule has 21 heavy (non-hydrogen) atoms. The number of para-hydroxylation sites is 1. The molecule has 1 aromatic carbocycles. The average molecular weight is 287 g/mol. The van der Waals surface area contributed by atoms with Crippen molar-refractivity contribution in [3.63, 3.8) is 0 Å². The van der Waals surface area contributed by atoms with Gasteiger partial charge >= 0.3 is 0 Å². The van der Waals surface area contributed by atoms with E-state index in [4.69, 9.17) is 10.00 Å². The summed E-state index contributed by atoms with van der Waals surface area (Å²) in [5.41, 5.74) is 1.05. The number of nitrogens with one attached hydrogen (secondary N) is 1. The van der Waals surface area contributed by atoms with E-state index in [1.54, 1.807) is 24.3 Å². The van der Waals surface area contributed by atoms with Crippen molar-refractivity contribution in [3.05, 3.63) is 29.8 Å². The third-order valence-electron chi connectivity index (χ3n) is 3.62. The lowest BCUT2D eigenvalue weighted by Crippen LogP contribution is -2.38. The van der Waals surface area contributed by atoms with Crippen LogP contribution >= 0.6 is 0 Å². The van der Waals surface area contributed by atoms with Crippen LogP contribution in [0.4, 0.5) is 5.69 Å². The Kier molecular flexibility index (Phi) is 5.73. The lowest BCUT2D eigenvalue weighted by atomic mass is 10.2. The molecule has 0 aromatic heterocycles. The summed E-state index contributed by atoms with van der Waals surface area (Å²) in [5.74, 6) is -0.0995. The van der Waals surface area contributed by atoms with Crippen molar-refractivity contribution in [1.29, 1.82) is 5.26 Å². The SMILES string of the molecule is CCN(CC(=O)Nc1ccccc1C#N)CC1CCCO1. The molecule has 1 saturated heterocycles. The topological polar surface area (TPSA) is 65.4 Å². The van der Waals surface area contributed by atoms with Gasteiger partial charge in [0.2, 0.25) is 5.91 Å². The van der Waals surface area contributed by atoms with Crippen LogP contribution in [0.2, 0.25) is 0 Å². The fraction of sp³-hybridized carbons (Fsp3) is 0.500. The molecule has 1 aliphatic heterocycles. The number of ether oxygens (including phenoxy) is 1. The van der Waals surface area contributed by atoms with Crippen molar-refractivity contribution >= 4 is 11.6 Å². The van der Waals surface area contributed by atoms with Gasteiger partial charge in [0.1, 0.15) is 6.07 Å². The molecule has 1 atom stereocenters. The maximum absolute atomic E-state index is 12.1. The highest BCUT2D eigenvalue weighted by atomic mass is 16.5. The van der Waals surface area contributed by atoms with Gasteiger partial charge in [-0.1, -0.05) is 19.1 Å². The molecule has 5 heteroatoms. The Morgan fingerprint density at radius 2 is 2.33 bits per heavy atom. The lowest BCUT2D eigenvalue weighted by Gasteiger charge is -2.23. The van der Waals surface area contributed by atoms with E-state index in [-0.39, 0.29) is 12.0 Å². The van der Waals surface area contributed by atoms with Crippen molar-refractivity contribution < 1.29 is 9.53 Å². The molecule has 1 N–H and O–H groups in total. The molecule has 2 rings (SSSR count). The second kappa shape index (κ2) is 7.77. The summed E-state index contributed by atoms with van der Waals surface area (Å²) in [5, 5.41) is 11.8. The predicted molar refractivity (Wildman–Crippen MR) is 80.9 cm³/mol. The fourth-order valence-corrected chi connectivity index (χ4v) is 2.46. The van der Waals surface area contributed by atoms with Gasteiger partial charge in [0.15, 0.2) is 0 Å². The number of amides is 1. The number of nitriles is 1. The van der Waals surface area contributed by atoms with Crippen LogP contribution in [0.15, 0.2) is 24.3 Å². The number of likely N-dealkylation sites (N-methyl/N-ethyl adjacent to an activating group) is 1. The number of nitrogens with zero attached hydrogens (tertiary/aromatic N) is 2. The zero-order valence-electron chi connectivity index (χ0n) is 12.3. The maximum atomic E-state index is 12.1. The molecule has 0 saturated carbocycles. The van der Waals surface area contributed by atoms with Gasteiger partial charge < -0.3 is 10.1 Å². The van der Waals surface area contributed by atoms with Crippen molar-refractivity contribution in [2.75, 3.05) is 31.6 Å². The Bertz CT molecular complexity index is 518. The predicted octanol–water partition coefficient (Wildman–Crippen LogP) is 2.00. The number of rotatable bonds is 6. The Balaban J connectivity index is 1.88. The third-order valence-corrected chi connectivity index (χ3v) is 3.62. The fourth-order valence-electron chi connectivity index (χ4n) is 2.46. The first-order valence-electron chi connectivity index (χ1n) is 7.36. The maximum Gasteiger partial charge on any atom is 0.238 e. The minimum Gasteiger partial charge on any atom is -0.377 e. The Hall–Kier alpha value is -1.90. The van der Waals surface area contributed by atoms with Crippen LogP contribution in [-0.2, 0) is 9.53 Å². The highest BCUT2D eigenvalue weighted by molar-refractivity contribution is 5.93. The normalized spacial score (nSPS) is 17.7. The number of carbonyl (C=O) groups is 1. The summed E-state index contributed by atoms with van der Waals surface area (Å²) >= 11 is 0. The zero-order valence-corrected chi connectivity index (χ0v) is 12.3. The van der Waals surface area contributed by atoms with Crippen LogP contribution in [0.5, 0.6) is 0 Å². The van der Waals surface area contributed by atoms with Gasteiger partial charge in [-0.2, -0.15) is 5.26 Å². The summed E-state index contributed by atoms with van der Waals surface area (Å²) < 4.78 is 5.61. The number of carbonyl (C=O) groups excluding carboxylic acids is 1. The summed E-state index contributed by atoms with van der Waals surface area (Å²) in [6.07, 6.45) is 2.41. The summed E-state index contributed by atoms with van der Waals surface area (Å²) in [7, 11) is 0. The van der Waals surface area contributed by atoms with E-state index in [1.807, 2.05) is 6.92 Å². The highest BCUT2D eigenvalue weighted by Gasteiger charge is 2.20. The number of hydrogen-bond acceptors (Lipinski definition) is 4. The van der Waals surface area contributed by atoms with E-state index in [9.17, 15) is 4.79 Å². The van der Waals surface area contributed by atoms with E-state index < -0.39 is 0 Å². The van der Waals surface area contributed by atoms with Crippen molar-refractivity contribution in [1.82, 2.24) is 4.90 Å². The minimum atomic E-state index is -0.0995. The van der Waals surface area contributed by atoms with Crippen LogP contribution < -0.4 is 5.32 Å². The molecule has 0 aliphatic carbocycles. The molecular weight excluding hydrogens is 266 g/mol. The smallest absolute Gasteiger partial charge is 0.238 e. The summed E-state index contributed by atoms with van der Waals surface area (Å²) in [6, 6.07) is 9.10. The first-order chi connectivity index (χ1) is 10.2. The highest BCUT2D eigenvalue weighted by Crippen LogP contribution is 2.15. The largest absolute Gasteiger partial charge is 0.377 e. The van der Waals surface area contributed by atoms with Crippen LogP contribution in [0.1, 0.15) is 25.3 Å². The average Bonchev–Trinajstić information content (AvgIpc) is 3.00. The molecule has 1 amide bonds. The Morgan fingerprint density at radius 3 is 3.00 bits per heavy atom. The number of hydrogen-bond donors (Lipinski definition) is 1. The van der Waals surface area contributed by atoms with E-state index >= 15 is 0 Å². The third kappa shape index (κ3) is 4.55. The summed E-state index contributed by atoms with van der Waals surface area (Å²) in [4.78, 5) is 14.2. The first kappa shape index (κ1) is 15.5. The van der Waals surface area contributed by atoms with Crippen LogP contribution in [0.25, 0.3) is 0 Å². The molecule has 1 unspecified atom stereocenters. The van der Waals surface area contributed by atoms with Crippen LogP contribution in [-0.4, -0.2) is 43.2 Å². The van der Waals surface area contributed by atoms with Crippen LogP contribution in [0, 0.1) is 11.3 Å². The molecular formula is C16H21N3O2. The van der Waals surface area contributed by atoms with E-state index in [1.165, 1.54) is 0 Å². The minimum absolute atomic E-state index is 0.0995. The molecule has 1 aliphatic rings. The second-order valence-corrected chi connectivity index (χ2v) is 5.17. The molecule has 5 nitrogen and oxygen atoms in total. The summed E-state index contributed by atoms with van der Waals surface area (Å²) in [6.45, 7) is 4.75. The van der Waals surface area contributed by atoms with E-state index in [0.717, 1.165) is 32.5 Å². The van der Waals surface area contributed by atoms with Crippen molar-refractivity contribution in [2.45, 2.75) is 25.9 Å². The molecule has 1 fully saturated rings. The molecule has 0 radical (unpaired) electrons. The molecule has 1 heterocycles. The van der Waals surface area contributed by atoms with Gasteiger partial charge in [-0.3, -0.25) is 9.69 Å². The monoisotopic (exact) mass is 287 g/mol. The van der Waals surface area contributed by atoms with Gasteiger partial charge in [-0.15, -0.1) is 0 Å². The van der Waals surface area contributed by atoms with Gasteiger partial charge in [-0.25, -0.2) is 0 Å². The van der Waals surface area contributed by atoms with Crippen molar-refractivity contribution in [2.24, 2.45) is 0 Å². The lowest BCUT2D eigenvalue weighted by molar-refractivity contribution is -0.117. The first-order valence-corrected chi connectivity index (χ1v) is 7.36. The van der Waals surface area contributed by atoms with E-state index in [0.29, 0.717) is 17.8 Å². The molecule has 0 bridgehead atoms. The zero-order chi connectivity index (χ0) is 15.1. The second-order valence-electron chi connectivity index (χ2n) is 5.17. The molecule has 112 valence electrons. The van der Waals surface area contributed by atoms with Gasteiger partial charge in [0.05, 0.1) is 23.9 Å². The number of anilines is 1. The number of benzene rings is 1. The van der Waals surface area contributed by atoms with Crippen LogP contribution in [0.3, 0.4) is 0 Å². The van der Waals surface area contributed by atoms with Crippen molar-refractivity contribution in [3.8, 4) is 6.07 Å². The quantitative estimate of drug-likeness (QED) is 0.869. The Labute approximate surface area is 125 Å². The molecule has 1 aromatic rings. The Morgan fingerprint density at radius 1 is 1.52 bits per heavy atom. The van der Waals surface area contributed by atoms with Gasteiger partial charge in [0.25, 0.3) is 0 Å². The standard InChI is InChI=1S/C16H21N3O2/c1-2-19(11-14-7-5-9-21-14)12-16(20)18-15-8-4-3-6-13(15)10-17/h3-4,6,8,14H,2,5,7,9,11-12H2,1H3,(H,18,20). The van der Waals surface area contributed by atoms with Gasteiger partial charge in [-0.05, 0) is 31.5 Å². The van der Waals surface area contributed by atoms with Gasteiger partial charge in [0, 0.05) is 13.2 Å². The molecule has 0 spiro atoms. The van der Waals surface area contributed by atoms with E-state index in [2.05, 4.69) is 16.3 Å².